The van der Waals surface area contributed by atoms with Gasteiger partial charge in [-0.05, 0) is 20.2 Å². The second-order valence-corrected chi connectivity index (χ2v) is 9.05. The second kappa shape index (κ2) is 6.98. The Balaban J connectivity index is 2.01. The summed E-state index contributed by atoms with van der Waals surface area (Å²) in [6.45, 7) is 0. The van der Waals surface area contributed by atoms with Crippen LogP contribution in [0.1, 0.15) is 15.9 Å². The lowest BCUT2D eigenvalue weighted by atomic mass is 9.49. The van der Waals surface area contributed by atoms with Crippen LogP contribution in [-0.4, -0.2) is 86.2 Å². The maximum absolute atomic E-state index is 13.6. The molecule has 0 aromatic heterocycles. The lowest BCUT2D eigenvalue weighted by molar-refractivity contribution is -0.211. The number of ketones is 4. The predicted octanol–water partition coefficient (Wildman–Crippen LogP) is -3.60. The number of hydrogen-bond donors (Lipinski definition) is 6. The first-order valence-corrected chi connectivity index (χ1v) is 10.1. The summed E-state index contributed by atoms with van der Waals surface area (Å²) in [4.78, 5) is 66.1. The van der Waals surface area contributed by atoms with Crippen LogP contribution >= 0.6 is 0 Å². The number of rotatable bonds is 2. The zero-order valence-electron chi connectivity index (χ0n) is 17.6. The molecule has 0 bridgehead atoms. The monoisotopic (exact) mass is 461 g/mol. The predicted molar refractivity (Wildman–Crippen MR) is 107 cm³/mol. The molecule has 3 aliphatic rings. The van der Waals surface area contributed by atoms with Crippen LogP contribution in [0.4, 0.5) is 0 Å². The van der Waals surface area contributed by atoms with E-state index in [1.54, 1.807) is 0 Å². The van der Waals surface area contributed by atoms with Gasteiger partial charge in [-0.2, -0.15) is 0 Å². The summed E-state index contributed by atoms with van der Waals surface area (Å²) in [5, 5.41) is 44.1. The van der Waals surface area contributed by atoms with Crippen molar-refractivity contribution in [2.24, 2.45) is 35.1 Å². The van der Waals surface area contributed by atoms with Gasteiger partial charge in [-0.15, -0.1) is 0 Å². The molecule has 1 amide bonds. The number of amides is 1. The van der Waals surface area contributed by atoms with Gasteiger partial charge in [0, 0.05) is 11.5 Å². The third-order valence-electron chi connectivity index (χ3n) is 7.14. The molecule has 2 saturated carbocycles. The number of aliphatic hydroxyl groups is 3. The highest BCUT2D eigenvalue weighted by molar-refractivity contribution is 6.32. The number of aromatic hydroxyl groups is 1. The first-order valence-electron chi connectivity index (χ1n) is 10.1. The van der Waals surface area contributed by atoms with Gasteiger partial charge in [-0.1, -0.05) is 12.1 Å². The zero-order chi connectivity index (χ0) is 24.8. The minimum absolute atomic E-state index is 0.268. The normalized spacial score (nSPS) is 40.3. The topological polar surface area (TPSA) is 222 Å². The van der Waals surface area contributed by atoms with E-state index in [9.17, 15) is 44.4 Å². The number of phenolic OH excluding ortho intramolecular Hbond substituents is 1. The molecule has 12 nitrogen and oxygen atoms in total. The average Bonchev–Trinajstić information content (AvgIpc) is 2.70. The molecule has 2 fully saturated rings. The fraction of sp³-hybridized carbons (Fsp3) is 0.476. The van der Waals surface area contributed by atoms with E-state index >= 15 is 0 Å². The molecule has 0 heterocycles. The summed E-state index contributed by atoms with van der Waals surface area (Å²) in [6, 6.07) is 2.08. The second-order valence-electron chi connectivity index (χ2n) is 9.05. The molecule has 0 saturated heterocycles. The Hall–Kier alpha value is -3.03. The molecule has 1 aromatic carbocycles. The summed E-state index contributed by atoms with van der Waals surface area (Å²) in [5.74, 6) is -15.0. The van der Waals surface area contributed by atoms with Crippen molar-refractivity contribution < 1.29 is 44.4 Å². The zero-order valence-corrected chi connectivity index (χ0v) is 17.6. The lowest BCUT2D eigenvalue weighted by Crippen LogP contribution is -2.79. The van der Waals surface area contributed by atoms with Crippen LogP contribution in [0.15, 0.2) is 18.2 Å². The number of benzene rings is 1. The quantitative estimate of drug-likeness (QED) is 0.186. The SMILES string of the molecule is CN(C)[C@@H]1C(=O)C(C(N)=O)C(=O)[C@@]2(O)C(=O)C3C(=O)c4c(O)cccc4C(N)(O)[C@H]3[C@H](O)[C@@H]12. The van der Waals surface area contributed by atoms with Crippen LogP contribution in [0.5, 0.6) is 5.75 Å². The Morgan fingerprint density at radius 2 is 1.67 bits per heavy atom. The van der Waals surface area contributed by atoms with E-state index in [0.29, 0.717) is 0 Å². The Morgan fingerprint density at radius 3 is 2.21 bits per heavy atom. The fourth-order valence-corrected chi connectivity index (χ4v) is 5.74. The Labute approximate surface area is 186 Å². The number of primary amides is 1. The summed E-state index contributed by atoms with van der Waals surface area (Å²) >= 11 is 0. The first kappa shape index (κ1) is 23.1. The van der Waals surface area contributed by atoms with Crippen LogP contribution < -0.4 is 11.5 Å². The number of nitrogens with two attached hydrogens (primary N) is 2. The number of phenols is 1. The number of aliphatic hydroxyl groups excluding tert-OH is 1. The summed E-state index contributed by atoms with van der Waals surface area (Å²) < 4.78 is 0. The molecule has 3 aliphatic carbocycles. The molecule has 33 heavy (non-hydrogen) atoms. The smallest absolute Gasteiger partial charge is 0.235 e. The van der Waals surface area contributed by atoms with Crippen molar-refractivity contribution in [1.82, 2.24) is 4.90 Å². The van der Waals surface area contributed by atoms with Crippen LogP contribution in [-0.2, 0) is 24.9 Å². The van der Waals surface area contributed by atoms with E-state index in [4.69, 9.17) is 11.5 Å². The Morgan fingerprint density at radius 1 is 1.06 bits per heavy atom. The highest BCUT2D eigenvalue weighted by Crippen LogP contribution is 2.54. The van der Waals surface area contributed by atoms with Crippen LogP contribution in [0.2, 0.25) is 0 Å². The van der Waals surface area contributed by atoms with Crippen molar-refractivity contribution >= 4 is 29.0 Å². The van der Waals surface area contributed by atoms with E-state index in [0.717, 1.165) is 6.07 Å². The maximum Gasteiger partial charge on any atom is 0.235 e. The average molecular weight is 461 g/mol. The standard InChI is InChI=1S/C21H23N3O9/c1-24(2)13-12-16(28)11-9(14(26)8-6(21(11,23)33)4-3-5-7(8)25)17(29)20(12,32)18(30)10(15(13)27)19(22)31/h3-5,9-13,16,25,28,32-33H,23H2,1-2H3,(H2,22,31)/t9?,10?,11-,12-,13+,16+,20+,21?/m1/s1. The van der Waals surface area contributed by atoms with E-state index in [1.165, 1.54) is 31.1 Å². The third kappa shape index (κ3) is 2.66. The minimum atomic E-state index is -3.16. The van der Waals surface area contributed by atoms with Crippen LogP contribution in [0.3, 0.4) is 0 Å². The lowest BCUT2D eigenvalue weighted by Gasteiger charge is -2.57. The molecule has 3 unspecified atom stereocenters. The Kier molecular flexibility index (Phi) is 4.90. The number of fused-ring (bicyclic) bond motifs is 3. The molecule has 8 atom stereocenters. The summed E-state index contributed by atoms with van der Waals surface area (Å²) in [7, 11) is 2.71. The number of nitrogens with zero attached hydrogens (tertiary/aromatic N) is 1. The number of carbonyl (C=O) groups excluding carboxylic acids is 5. The maximum atomic E-state index is 13.6. The van der Waals surface area contributed by atoms with Gasteiger partial charge in [0.25, 0.3) is 0 Å². The van der Waals surface area contributed by atoms with Gasteiger partial charge in [0.05, 0.1) is 29.5 Å². The van der Waals surface area contributed by atoms with Crippen molar-refractivity contribution in [3.63, 3.8) is 0 Å². The fourth-order valence-electron chi connectivity index (χ4n) is 5.74. The molecule has 12 heteroatoms. The van der Waals surface area contributed by atoms with Gasteiger partial charge in [0.1, 0.15) is 11.5 Å². The largest absolute Gasteiger partial charge is 0.507 e. The first-order chi connectivity index (χ1) is 15.2. The molecule has 8 N–H and O–H groups in total. The van der Waals surface area contributed by atoms with E-state index < -0.39 is 87.5 Å². The molecular weight excluding hydrogens is 438 g/mol. The van der Waals surface area contributed by atoms with Crippen molar-refractivity contribution in [3.05, 3.63) is 29.3 Å². The van der Waals surface area contributed by atoms with Crippen molar-refractivity contribution in [2.75, 3.05) is 14.1 Å². The molecule has 4 rings (SSSR count). The molecule has 1 aromatic rings. The van der Waals surface area contributed by atoms with E-state index in [2.05, 4.69) is 0 Å². The van der Waals surface area contributed by atoms with Gasteiger partial charge in [-0.3, -0.25) is 34.6 Å². The third-order valence-corrected chi connectivity index (χ3v) is 7.14. The van der Waals surface area contributed by atoms with Gasteiger partial charge in [0.15, 0.2) is 34.7 Å². The van der Waals surface area contributed by atoms with Crippen LogP contribution in [0, 0.1) is 23.7 Å². The van der Waals surface area contributed by atoms with E-state index in [-0.39, 0.29) is 5.56 Å². The van der Waals surface area contributed by atoms with Crippen molar-refractivity contribution in [1.29, 1.82) is 0 Å². The van der Waals surface area contributed by atoms with Crippen molar-refractivity contribution in [2.45, 2.75) is 23.5 Å². The number of hydrogen-bond acceptors (Lipinski definition) is 11. The summed E-state index contributed by atoms with van der Waals surface area (Å²) in [5.41, 5.74) is 4.83. The van der Waals surface area contributed by atoms with Gasteiger partial charge >= 0.3 is 0 Å². The summed E-state index contributed by atoms with van der Waals surface area (Å²) in [6.07, 6.45) is -2.03. The number of likely N-dealkylation sites (N-methyl/N-ethyl adjacent to an activating group) is 1. The molecular formula is C21H23N3O9. The molecule has 0 spiro atoms. The van der Waals surface area contributed by atoms with Crippen molar-refractivity contribution in [3.8, 4) is 5.75 Å². The molecule has 0 radical (unpaired) electrons. The number of carbonyl (C=O) groups is 5. The Bertz CT molecular complexity index is 1130. The molecule has 0 aliphatic heterocycles. The van der Waals surface area contributed by atoms with Crippen LogP contribution in [0.25, 0.3) is 0 Å². The van der Waals surface area contributed by atoms with Gasteiger partial charge in [-0.25, -0.2) is 0 Å². The van der Waals surface area contributed by atoms with Gasteiger partial charge in [0.2, 0.25) is 5.91 Å². The van der Waals surface area contributed by atoms with Gasteiger partial charge < -0.3 is 26.2 Å². The highest BCUT2D eigenvalue weighted by atomic mass is 16.3. The van der Waals surface area contributed by atoms with E-state index in [1.807, 2.05) is 0 Å². The molecule has 176 valence electrons. The highest BCUT2D eigenvalue weighted by Gasteiger charge is 2.74. The number of Topliss-reactive ketones (excluding diaryl/α,β-unsaturated/α-hetero) is 4. The minimum Gasteiger partial charge on any atom is -0.507 e.